The van der Waals surface area contributed by atoms with Gasteiger partial charge in [0.25, 0.3) is 11.8 Å². The van der Waals surface area contributed by atoms with Crippen LogP contribution in [0.5, 0.6) is 5.75 Å². The molecular formula is C21H25ClN3O3+. The molecule has 2 aromatic rings. The predicted octanol–water partition coefficient (Wildman–Crippen LogP) is 1.76. The zero-order chi connectivity index (χ0) is 19.9. The van der Waals surface area contributed by atoms with Crippen molar-refractivity contribution in [2.24, 2.45) is 0 Å². The largest absolute Gasteiger partial charge is 0.495 e. The summed E-state index contributed by atoms with van der Waals surface area (Å²) in [5, 5.41) is 6.42. The Morgan fingerprint density at radius 3 is 2.50 bits per heavy atom. The molecule has 0 spiro atoms. The highest BCUT2D eigenvalue weighted by molar-refractivity contribution is 6.33. The van der Waals surface area contributed by atoms with E-state index in [1.807, 2.05) is 24.3 Å². The molecule has 0 aromatic heterocycles. The van der Waals surface area contributed by atoms with Gasteiger partial charge in [-0.1, -0.05) is 35.9 Å². The first-order valence-electron chi connectivity index (χ1n) is 9.38. The number of para-hydroxylation sites is 2. The number of amides is 2. The molecule has 3 N–H and O–H groups in total. The third-order valence-electron chi connectivity index (χ3n) is 4.94. The number of ether oxygens (including phenoxy) is 1. The van der Waals surface area contributed by atoms with E-state index in [1.54, 1.807) is 31.4 Å². The molecule has 0 saturated carbocycles. The molecule has 28 heavy (non-hydrogen) atoms. The van der Waals surface area contributed by atoms with Crippen molar-refractivity contribution in [3.63, 3.8) is 0 Å². The lowest BCUT2D eigenvalue weighted by Crippen LogP contribution is -3.14. The summed E-state index contributed by atoms with van der Waals surface area (Å²) in [5.74, 6) is 0.456. The number of benzene rings is 2. The predicted molar refractivity (Wildman–Crippen MR) is 109 cm³/mol. The van der Waals surface area contributed by atoms with Crippen LogP contribution in [0, 0.1) is 0 Å². The number of piperidine rings is 1. The van der Waals surface area contributed by atoms with Crippen molar-refractivity contribution in [3.05, 3.63) is 59.1 Å². The van der Waals surface area contributed by atoms with Gasteiger partial charge in [0.1, 0.15) is 5.75 Å². The number of rotatable bonds is 6. The SMILES string of the molecule is COc1ccccc1NC(=O)C[NH+]1CCC(NC(=O)c2ccccc2Cl)CC1. The Morgan fingerprint density at radius 1 is 1.11 bits per heavy atom. The number of halogens is 1. The third-order valence-corrected chi connectivity index (χ3v) is 5.27. The minimum Gasteiger partial charge on any atom is -0.495 e. The highest BCUT2D eigenvalue weighted by Gasteiger charge is 2.26. The van der Waals surface area contributed by atoms with Crippen LogP contribution < -0.4 is 20.3 Å². The number of nitrogens with one attached hydrogen (secondary N) is 3. The van der Waals surface area contributed by atoms with Gasteiger partial charge < -0.3 is 20.3 Å². The van der Waals surface area contributed by atoms with E-state index in [-0.39, 0.29) is 17.9 Å². The molecule has 7 heteroatoms. The van der Waals surface area contributed by atoms with Gasteiger partial charge in [0.15, 0.2) is 6.54 Å². The Hall–Kier alpha value is -2.57. The molecule has 1 aliphatic heterocycles. The van der Waals surface area contributed by atoms with Crippen molar-refractivity contribution >= 4 is 29.1 Å². The van der Waals surface area contributed by atoms with E-state index in [9.17, 15) is 9.59 Å². The molecule has 1 saturated heterocycles. The lowest BCUT2D eigenvalue weighted by Gasteiger charge is -2.29. The molecule has 0 radical (unpaired) electrons. The zero-order valence-corrected chi connectivity index (χ0v) is 16.6. The molecule has 3 rings (SSSR count). The second kappa shape index (κ2) is 9.57. The van der Waals surface area contributed by atoms with Crippen LogP contribution in [0.2, 0.25) is 5.02 Å². The molecule has 1 heterocycles. The van der Waals surface area contributed by atoms with Crippen molar-refractivity contribution in [3.8, 4) is 5.75 Å². The average Bonchev–Trinajstić information content (AvgIpc) is 2.70. The fourth-order valence-electron chi connectivity index (χ4n) is 3.43. The molecule has 148 valence electrons. The van der Waals surface area contributed by atoms with E-state index < -0.39 is 0 Å². The molecule has 0 unspecified atom stereocenters. The summed E-state index contributed by atoms with van der Waals surface area (Å²) in [6.45, 7) is 2.04. The lowest BCUT2D eigenvalue weighted by molar-refractivity contribution is -0.897. The number of hydrogen-bond donors (Lipinski definition) is 3. The Labute approximate surface area is 169 Å². The first kappa shape index (κ1) is 20.2. The summed E-state index contributed by atoms with van der Waals surface area (Å²) in [6.07, 6.45) is 1.65. The molecule has 2 aromatic carbocycles. The first-order chi connectivity index (χ1) is 13.6. The number of methoxy groups -OCH3 is 1. The van der Waals surface area contributed by atoms with Gasteiger partial charge in [0.05, 0.1) is 36.5 Å². The van der Waals surface area contributed by atoms with Crippen LogP contribution in [0.3, 0.4) is 0 Å². The van der Waals surface area contributed by atoms with Crippen molar-refractivity contribution in [1.29, 1.82) is 0 Å². The number of carbonyl (C=O) groups excluding carboxylic acids is 2. The smallest absolute Gasteiger partial charge is 0.279 e. The number of hydrogen-bond acceptors (Lipinski definition) is 3. The van der Waals surface area contributed by atoms with Crippen LogP contribution in [-0.2, 0) is 4.79 Å². The van der Waals surface area contributed by atoms with Crippen molar-refractivity contribution in [2.45, 2.75) is 18.9 Å². The maximum Gasteiger partial charge on any atom is 0.279 e. The third kappa shape index (κ3) is 5.24. The number of anilines is 1. The maximum atomic E-state index is 12.4. The standard InChI is InChI=1S/C21H24ClN3O3/c1-28-19-9-5-4-8-18(19)24-20(26)14-25-12-10-15(11-13-25)23-21(27)16-6-2-3-7-17(16)22/h2-9,15H,10-14H2,1H3,(H,23,27)(H,24,26)/p+1. The van der Waals surface area contributed by atoms with Crippen LogP contribution in [0.1, 0.15) is 23.2 Å². The van der Waals surface area contributed by atoms with Gasteiger partial charge in [-0.05, 0) is 24.3 Å². The van der Waals surface area contributed by atoms with Gasteiger partial charge in [0, 0.05) is 18.9 Å². The molecule has 1 aliphatic rings. The van der Waals surface area contributed by atoms with Crippen molar-refractivity contribution < 1.29 is 19.2 Å². The van der Waals surface area contributed by atoms with Crippen LogP contribution in [-0.4, -0.2) is 44.6 Å². The van der Waals surface area contributed by atoms with Gasteiger partial charge >= 0.3 is 0 Å². The van der Waals surface area contributed by atoms with Crippen molar-refractivity contribution in [2.75, 3.05) is 32.1 Å². The average molecular weight is 403 g/mol. The Bertz CT molecular complexity index is 835. The fourth-order valence-corrected chi connectivity index (χ4v) is 3.65. The quantitative estimate of drug-likeness (QED) is 0.689. The van der Waals surface area contributed by atoms with E-state index in [0.717, 1.165) is 25.9 Å². The van der Waals surface area contributed by atoms with E-state index in [4.69, 9.17) is 16.3 Å². The number of carbonyl (C=O) groups is 2. The van der Waals surface area contributed by atoms with Gasteiger partial charge in [-0.2, -0.15) is 0 Å². The summed E-state index contributed by atoms with van der Waals surface area (Å²) in [4.78, 5) is 25.9. The highest BCUT2D eigenvalue weighted by atomic mass is 35.5. The van der Waals surface area contributed by atoms with Crippen molar-refractivity contribution in [1.82, 2.24) is 5.32 Å². The van der Waals surface area contributed by atoms with Crippen LogP contribution >= 0.6 is 11.6 Å². The molecule has 0 aliphatic carbocycles. The Morgan fingerprint density at radius 2 is 1.79 bits per heavy atom. The first-order valence-corrected chi connectivity index (χ1v) is 9.76. The Balaban J connectivity index is 1.46. The summed E-state index contributed by atoms with van der Waals surface area (Å²) >= 11 is 6.09. The number of likely N-dealkylation sites (tertiary alicyclic amines) is 1. The normalized spacial score (nSPS) is 18.9. The highest BCUT2D eigenvalue weighted by Crippen LogP contribution is 2.22. The van der Waals surface area contributed by atoms with E-state index in [1.165, 1.54) is 4.90 Å². The van der Waals surface area contributed by atoms with Gasteiger partial charge in [-0.25, -0.2) is 0 Å². The maximum absolute atomic E-state index is 12.4. The molecule has 0 atom stereocenters. The summed E-state index contributed by atoms with van der Waals surface area (Å²) in [7, 11) is 1.58. The molecule has 2 amide bonds. The fraction of sp³-hybridized carbons (Fsp3) is 0.333. The van der Waals surface area contributed by atoms with Crippen LogP contribution in [0.4, 0.5) is 5.69 Å². The molecule has 1 fully saturated rings. The van der Waals surface area contributed by atoms with E-state index in [0.29, 0.717) is 28.6 Å². The molecular weight excluding hydrogens is 378 g/mol. The molecule has 0 bridgehead atoms. The second-order valence-electron chi connectivity index (χ2n) is 6.90. The molecule has 6 nitrogen and oxygen atoms in total. The topological polar surface area (TPSA) is 71.9 Å². The monoisotopic (exact) mass is 402 g/mol. The van der Waals surface area contributed by atoms with Gasteiger partial charge in [0.2, 0.25) is 0 Å². The Kier molecular flexibility index (Phi) is 6.90. The summed E-state index contributed by atoms with van der Waals surface area (Å²) in [5.41, 5.74) is 1.17. The lowest BCUT2D eigenvalue weighted by atomic mass is 10.0. The zero-order valence-electron chi connectivity index (χ0n) is 15.8. The van der Waals surface area contributed by atoms with Crippen LogP contribution in [0.25, 0.3) is 0 Å². The summed E-state index contributed by atoms with van der Waals surface area (Å²) < 4.78 is 5.26. The number of quaternary nitrogens is 1. The summed E-state index contributed by atoms with van der Waals surface area (Å²) in [6, 6.07) is 14.5. The van der Waals surface area contributed by atoms with E-state index in [2.05, 4.69) is 10.6 Å². The minimum absolute atomic E-state index is 0.0435. The van der Waals surface area contributed by atoms with Gasteiger partial charge in [-0.3, -0.25) is 9.59 Å². The van der Waals surface area contributed by atoms with E-state index >= 15 is 0 Å². The van der Waals surface area contributed by atoms with Gasteiger partial charge in [-0.15, -0.1) is 0 Å². The minimum atomic E-state index is -0.145. The van der Waals surface area contributed by atoms with Crippen LogP contribution in [0.15, 0.2) is 48.5 Å². The second-order valence-corrected chi connectivity index (χ2v) is 7.31.